The number of piperidine rings is 1. The van der Waals surface area contributed by atoms with Crippen molar-refractivity contribution < 1.29 is 27.5 Å². The molecule has 2 fully saturated rings. The monoisotopic (exact) mass is 452 g/mol. The van der Waals surface area contributed by atoms with Crippen molar-refractivity contribution in [3.63, 3.8) is 0 Å². The van der Waals surface area contributed by atoms with E-state index in [9.17, 15) is 22.8 Å². The minimum atomic E-state index is -4.61. The summed E-state index contributed by atoms with van der Waals surface area (Å²) in [5.41, 5.74) is -1.38. The van der Waals surface area contributed by atoms with E-state index in [1.807, 2.05) is 4.90 Å². The van der Waals surface area contributed by atoms with Crippen LogP contribution in [0.15, 0.2) is 18.2 Å². The minimum absolute atomic E-state index is 0.0964. The van der Waals surface area contributed by atoms with Gasteiger partial charge in [0.1, 0.15) is 0 Å². The molecule has 2 saturated heterocycles. The average Bonchev–Trinajstić information content (AvgIpc) is 3.12. The topological polar surface area (TPSA) is 85.7 Å². The fourth-order valence-corrected chi connectivity index (χ4v) is 4.75. The molecular formula is C22H27F3N4O3. The van der Waals surface area contributed by atoms with Crippen LogP contribution in [-0.4, -0.2) is 63.2 Å². The molecule has 0 aliphatic carbocycles. The molecule has 1 aromatic rings. The predicted octanol–water partition coefficient (Wildman–Crippen LogP) is 2.40. The Balaban J connectivity index is 1.78. The second-order valence-corrected chi connectivity index (χ2v) is 8.42. The van der Waals surface area contributed by atoms with Gasteiger partial charge in [0.2, 0.25) is 11.8 Å². The molecule has 2 amide bonds. The van der Waals surface area contributed by atoms with Gasteiger partial charge < -0.3 is 19.9 Å². The molecule has 1 aromatic carbocycles. The fourth-order valence-electron chi connectivity index (χ4n) is 4.75. The fraction of sp³-hybridized carbons (Fsp3) is 0.591. The van der Waals surface area contributed by atoms with Gasteiger partial charge in [-0.3, -0.25) is 9.59 Å². The molecule has 1 unspecified atom stereocenters. The van der Waals surface area contributed by atoms with Gasteiger partial charge in [-0.05, 0) is 31.0 Å². The summed E-state index contributed by atoms with van der Waals surface area (Å²) in [6.45, 7) is 3.94. The molecular weight excluding hydrogens is 425 g/mol. The number of hydrogen-bond acceptors (Lipinski definition) is 5. The van der Waals surface area contributed by atoms with Crippen LogP contribution in [-0.2, 0) is 20.5 Å². The molecule has 1 N–H and O–H groups in total. The van der Waals surface area contributed by atoms with E-state index in [1.165, 1.54) is 19.1 Å². The van der Waals surface area contributed by atoms with Gasteiger partial charge in [-0.1, -0.05) is 0 Å². The highest BCUT2D eigenvalue weighted by atomic mass is 19.4. The van der Waals surface area contributed by atoms with Crippen molar-refractivity contribution in [2.24, 2.45) is 11.3 Å². The Morgan fingerprint density at radius 1 is 1.31 bits per heavy atom. The zero-order valence-electron chi connectivity index (χ0n) is 18.2. The van der Waals surface area contributed by atoms with Gasteiger partial charge in [0.15, 0.2) is 0 Å². The van der Waals surface area contributed by atoms with Crippen molar-refractivity contribution >= 4 is 17.5 Å². The Hall–Kier alpha value is -2.80. The lowest BCUT2D eigenvalue weighted by molar-refractivity contribution is -0.137. The summed E-state index contributed by atoms with van der Waals surface area (Å²) >= 11 is 0. The van der Waals surface area contributed by atoms with Gasteiger partial charge in [-0.2, -0.15) is 18.4 Å². The third kappa shape index (κ3) is 4.83. The van der Waals surface area contributed by atoms with E-state index in [4.69, 9.17) is 10.00 Å². The number of methoxy groups -OCH3 is 1. The van der Waals surface area contributed by atoms with Gasteiger partial charge in [0.25, 0.3) is 0 Å². The number of anilines is 1. The molecule has 10 heteroatoms. The van der Waals surface area contributed by atoms with Gasteiger partial charge >= 0.3 is 6.18 Å². The normalized spacial score (nSPS) is 20.3. The molecule has 2 heterocycles. The van der Waals surface area contributed by atoms with E-state index >= 15 is 0 Å². The summed E-state index contributed by atoms with van der Waals surface area (Å²) < 4.78 is 45.0. The van der Waals surface area contributed by atoms with Crippen molar-refractivity contribution in [3.05, 3.63) is 29.3 Å². The maximum absolute atomic E-state index is 13.3. The standard InChI is InChI=1S/C22H27F3N4O3/c1-15(30)29-13-19(20(31)27-7-10-32-2)21(14-29)5-8-28(9-6-21)17-4-3-16(12-26)18(11-17)22(23,24)25/h3-4,11,19H,5-10,13-14H2,1-2H3,(H,27,31). The number of hydrogen-bond donors (Lipinski definition) is 1. The number of likely N-dealkylation sites (tertiary alicyclic amines) is 1. The number of rotatable bonds is 5. The molecule has 0 bridgehead atoms. The van der Waals surface area contributed by atoms with Crippen LogP contribution in [0.25, 0.3) is 0 Å². The summed E-state index contributed by atoms with van der Waals surface area (Å²) in [7, 11) is 1.55. The van der Waals surface area contributed by atoms with Crippen molar-refractivity contribution in [2.75, 3.05) is 51.3 Å². The molecule has 2 aliphatic rings. The van der Waals surface area contributed by atoms with Crippen LogP contribution >= 0.6 is 0 Å². The smallest absolute Gasteiger partial charge is 0.383 e. The van der Waals surface area contributed by atoms with Crippen LogP contribution < -0.4 is 10.2 Å². The second-order valence-electron chi connectivity index (χ2n) is 8.42. The van der Waals surface area contributed by atoms with Crippen LogP contribution in [0, 0.1) is 22.7 Å². The van der Waals surface area contributed by atoms with Crippen molar-refractivity contribution in [1.82, 2.24) is 10.2 Å². The number of nitrogens with zero attached hydrogens (tertiary/aromatic N) is 3. The zero-order chi connectivity index (χ0) is 23.5. The SMILES string of the molecule is COCCNC(=O)C1CN(C(C)=O)CC12CCN(c1ccc(C#N)c(C(F)(F)F)c1)CC2. The van der Waals surface area contributed by atoms with E-state index in [-0.39, 0.29) is 17.7 Å². The molecule has 1 atom stereocenters. The summed E-state index contributed by atoms with van der Waals surface area (Å²) in [6.07, 6.45) is -3.47. The largest absolute Gasteiger partial charge is 0.417 e. The van der Waals surface area contributed by atoms with E-state index in [1.54, 1.807) is 18.1 Å². The number of halogens is 3. The van der Waals surface area contributed by atoms with Crippen molar-refractivity contribution in [2.45, 2.75) is 25.9 Å². The average molecular weight is 452 g/mol. The lowest BCUT2D eigenvalue weighted by Crippen LogP contribution is -2.49. The Bertz CT molecular complexity index is 905. The number of nitriles is 1. The maximum atomic E-state index is 13.3. The minimum Gasteiger partial charge on any atom is -0.383 e. The first kappa shape index (κ1) is 23.9. The number of carbonyl (C=O) groups is 2. The predicted molar refractivity (Wildman–Crippen MR) is 111 cm³/mol. The van der Waals surface area contributed by atoms with Crippen molar-refractivity contribution in [1.29, 1.82) is 5.26 Å². The summed E-state index contributed by atoms with van der Waals surface area (Å²) in [5.74, 6) is -0.602. The molecule has 2 aliphatic heterocycles. The van der Waals surface area contributed by atoms with Crippen molar-refractivity contribution in [3.8, 4) is 6.07 Å². The molecule has 0 aromatic heterocycles. The first-order chi connectivity index (χ1) is 15.1. The first-order valence-corrected chi connectivity index (χ1v) is 10.5. The Morgan fingerprint density at radius 3 is 2.56 bits per heavy atom. The summed E-state index contributed by atoms with van der Waals surface area (Å²) in [4.78, 5) is 28.4. The highest BCUT2D eigenvalue weighted by molar-refractivity contribution is 5.82. The quantitative estimate of drug-likeness (QED) is 0.694. The summed E-state index contributed by atoms with van der Waals surface area (Å²) in [5, 5.41) is 11.9. The lowest BCUT2D eigenvalue weighted by atomic mass is 9.70. The van der Waals surface area contributed by atoms with Gasteiger partial charge in [-0.15, -0.1) is 0 Å². The Morgan fingerprint density at radius 2 is 2.00 bits per heavy atom. The van der Waals surface area contributed by atoms with Gasteiger partial charge in [0, 0.05) is 57.9 Å². The van der Waals surface area contributed by atoms with E-state index in [0.717, 1.165) is 6.07 Å². The maximum Gasteiger partial charge on any atom is 0.417 e. The number of alkyl halides is 3. The number of carbonyl (C=O) groups excluding carboxylic acids is 2. The molecule has 174 valence electrons. The molecule has 32 heavy (non-hydrogen) atoms. The van der Waals surface area contributed by atoms with E-state index < -0.39 is 22.7 Å². The van der Waals surface area contributed by atoms with E-state index in [0.29, 0.717) is 57.9 Å². The van der Waals surface area contributed by atoms with Crippen LogP contribution in [0.5, 0.6) is 0 Å². The van der Waals surface area contributed by atoms with Crippen LogP contribution in [0.2, 0.25) is 0 Å². The third-order valence-corrected chi connectivity index (χ3v) is 6.57. The van der Waals surface area contributed by atoms with Crippen LogP contribution in [0.4, 0.5) is 18.9 Å². The number of amides is 2. The van der Waals surface area contributed by atoms with Crippen LogP contribution in [0.3, 0.4) is 0 Å². The molecule has 0 saturated carbocycles. The molecule has 0 radical (unpaired) electrons. The highest BCUT2D eigenvalue weighted by Gasteiger charge is 2.51. The Kier molecular flexibility index (Phi) is 6.98. The number of nitrogens with one attached hydrogen (secondary N) is 1. The molecule has 3 rings (SSSR count). The molecule has 7 nitrogen and oxygen atoms in total. The second kappa shape index (κ2) is 9.36. The summed E-state index contributed by atoms with van der Waals surface area (Å²) in [6, 6.07) is 5.33. The molecule has 1 spiro atoms. The van der Waals surface area contributed by atoms with Gasteiger partial charge in [0.05, 0.1) is 29.7 Å². The number of ether oxygens (including phenoxy) is 1. The first-order valence-electron chi connectivity index (χ1n) is 10.5. The Labute approximate surface area is 185 Å². The zero-order valence-corrected chi connectivity index (χ0v) is 18.2. The lowest BCUT2D eigenvalue weighted by Gasteiger charge is -2.43. The van der Waals surface area contributed by atoms with E-state index in [2.05, 4.69) is 5.32 Å². The number of benzene rings is 1. The van der Waals surface area contributed by atoms with Crippen LogP contribution in [0.1, 0.15) is 30.9 Å². The highest BCUT2D eigenvalue weighted by Crippen LogP contribution is 2.46. The van der Waals surface area contributed by atoms with Gasteiger partial charge in [-0.25, -0.2) is 0 Å². The third-order valence-electron chi connectivity index (χ3n) is 6.57.